The molecule has 0 radical (unpaired) electrons. The van der Waals surface area contributed by atoms with Gasteiger partial charge in [-0.1, -0.05) is 11.6 Å². The Labute approximate surface area is 179 Å². The summed E-state index contributed by atoms with van der Waals surface area (Å²) in [6, 6.07) is 14.5. The molecule has 0 fully saturated rings. The van der Waals surface area contributed by atoms with Crippen LogP contribution in [0.1, 0.15) is 0 Å². The molecule has 1 N–H and O–H groups in total. The fourth-order valence-corrected chi connectivity index (χ4v) is 4.31. The van der Waals surface area contributed by atoms with E-state index in [-0.39, 0.29) is 5.56 Å². The molecule has 0 bridgehead atoms. The third kappa shape index (κ3) is 3.16. The molecule has 7 nitrogen and oxygen atoms in total. The molecule has 148 valence electrons. The minimum Gasteiger partial charge on any atom is -0.497 e. The van der Waals surface area contributed by atoms with Crippen LogP contribution in [-0.2, 0) is 0 Å². The molecule has 0 aliphatic carbocycles. The fraction of sp³-hybridized carbons (Fsp3) is 0.0476. The predicted octanol–water partition coefficient (Wildman–Crippen LogP) is 4.80. The number of aromatic nitrogens is 4. The number of hydrogen-bond acceptors (Lipinski definition) is 7. The van der Waals surface area contributed by atoms with Gasteiger partial charge in [0.25, 0.3) is 5.56 Å². The van der Waals surface area contributed by atoms with Gasteiger partial charge in [-0.2, -0.15) is 0 Å². The van der Waals surface area contributed by atoms with E-state index < -0.39 is 0 Å². The summed E-state index contributed by atoms with van der Waals surface area (Å²) in [7, 11) is 1.60. The Balaban J connectivity index is 1.65. The standard InChI is InChI=1S/C21H14ClN5O2S/c1-29-15-8-6-14(7-9-15)27-11-25-17-16-19(26-13-4-2-12(22)3-5-13)23-10-24-20(16)30-18(17)21(27)28/h2-11H,1H3,(H,23,24,26). The number of hydrogen-bond donors (Lipinski definition) is 1. The van der Waals surface area contributed by atoms with E-state index in [1.54, 1.807) is 31.4 Å². The average molecular weight is 436 g/mol. The first-order chi connectivity index (χ1) is 14.6. The molecule has 3 aromatic heterocycles. The van der Waals surface area contributed by atoms with Gasteiger partial charge in [0, 0.05) is 10.7 Å². The monoisotopic (exact) mass is 435 g/mol. The molecule has 0 saturated carbocycles. The van der Waals surface area contributed by atoms with E-state index in [9.17, 15) is 4.79 Å². The Morgan fingerprint density at radius 3 is 2.53 bits per heavy atom. The molecule has 0 aliphatic heterocycles. The van der Waals surface area contributed by atoms with Crippen LogP contribution in [0.15, 0.2) is 66.0 Å². The normalized spacial score (nSPS) is 11.1. The number of ether oxygens (including phenoxy) is 1. The molecule has 9 heteroatoms. The van der Waals surface area contributed by atoms with Gasteiger partial charge in [-0.3, -0.25) is 9.36 Å². The van der Waals surface area contributed by atoms with Gasteiger partial charge in [-0.05, 0) is 48.5 Å². The SMILES string of the molecule is COc1ccc(-n2cnc3c(sc4ncnc(Nc5ccc(Cl)cc5)c43)c2=O)cc1. The molecule has 0 atom stereocenters. The lowest BCUT2D eigenvalue weighted by molar-refractivity contribution is 0.414. The first-order valence-corrected chi connectivity index (χ1v) is 10.2. The van der Waals surface area contributed by atoms with Crippen molar-refractivity contribution in [1.29, 1.82) is 0 Å². The Kier molecular flexibility index (Phi) is 4.57. The molecule has 30 heavy (non-hydrogen) atoms. The number of thiophene rings is 1. The maximum atomic E-state index is 13.2. The second-order valence-electron chi connectivity index (χ2n) is 6.43. The molecule has 0 spiro atoms. The predicted molar refractivity (Wildman–Crippen MR) is 120 cm³/mol. The Morgan fingerprint density at radius 2 is 1.80 bits per heavy atom. The number of methoxy groups -OCH3 is 1. The first kappa shape index (κ1) is 18.5. The van der Waals surface area contributed by atoms with Gasteiger partial charge in [0.15, 0.2) is 0 Å². The van der Waals surface area contributed by atoms with E-state index in [1.807, 2.05) is 24.3 Å². The summed E-state index contributed by atoms with van der Waals surface area (Å²) < 4.78 is 7.21. The van der Waals surface area contributed by atoms with Crippen molar-refractivity contribution in [2.75, 3.05) is 12.4 Å². The smallest absolute Gasteiger partial charge is 0.275 e. The third-order valence-electron chi connectivity index (χ3n) is 4.64. The minimum absolute atomic E-state index is 0.161. The van der Waals surface area contributed by atoms with Gasteiger partial charge >= 0.3 is 0 Å². The van der Waals surface area contributed by atoms with E-state index in [1.165, 1.54) is 28.6 Å². The number of nitrogens with zero attached hydrogens (tertiary/aromatic N) is 4. The minimum atomic E-state index is -0.161. The Hall–Kier alpha value is -3.49. The van der Waals surface area contributed by atoms with Crippen LogP contribution in [0, 0.1) is 0 Å². The molecule has 5 aromatic rings. The van der Waals surface area contributed by atoms with E-state index >= 15 is 0 Å². The van der Waals surface area contributed by atoms with Gasteiger partial charge < -0.3 is 10.1 Å². The molecule has 5 rings (SSSR count). The van der Waals surface area contributed by atoms with Crippen molar-refractivity contribution in [3.63, 3.8) is 0 Å². The van der Waals surface area contributed by atoms with Crippen molar-refractivity contribution in [1.82, 2.24) is 19.5 Å². The molecule has 0 aliphatic rings. The molecule has 0 unspecified atom stereocenters. The van der Waals surface area contributed by atoms with E-state index in [2.05, 4.69) is 20.3 Å². The fourth-order valence-electron chi connectivity index (χ4n) is 3.16. The summed E-state index contributed by atoms with van der Waals surface area (Å²) >= 11 is 7.26. The summed E-state index contributed by atoms with van der Waals surface area (Å²) in [5.74, 6) is 1.30. The summed E-state index contributed by atoms with van der Waals surface area (Å²) in [6.07, 6.45) is 3.00. The van der Waals surface area contributed by atoms with Crippen LogP contribution in [-0.4, -0.2) is 26.6 Å². The topological polar surface area (TPSA) is 81.9 Å². The quantitative estimate of drug-likeness (QED) is 0.437. The van der Waals surface area contributed by atoms with Crippen molar-refractivity contribution in [3.8, 4) is 11.4 Å². The lowest BCUT2D eigenvalue weighted by Gasteiger charge is -2.07. The number of benzene rings is 2. The lowest BCUT2D eigenvalue weighted by Crippen LogP contribution is -2.17. The van der Waals surface area contributed by atoms with Crippen molar-refractivity contribution >= 4 is 54.9 Å². The van der Waals surface area contributed by atoms with Crippen LogP contribution in [0.5, 0.6) is 5.75 Å². The van der Waals surface area contributed by atoms with Gasteiger partial charge in [-0.15, -0.1) is 11.3 Å². The zero-order valence-electron chi connectivity index (χ0n) is 15.7. The maximum absolute atomic E-state index is 13.2. The summed E-state index contributed by atoms with van der Waals surface area (Å²) in [5.41, 5.74) is 1.94. The van der Waals surface area contributed by atoms with Crippen LogP contribution in [0.2, 0.25) is 5.02 Å². The van der Waals surface area contributed by atoms with Gasteiger partial charge in [0.1, 0.15) is 39.3 Å². The largest absolute Gasteiger partial charge is 0.497 e. The number of rotatable bonds is 4. The van der Waals surface area contributed by atoms with E-state index in [0.717, 1.165) is 11.4 Å². The van der Waals surface area contributed by atoms with Crippen LogP contribution in [0.25, 0.3) is 26.1 Å². The second kappa shape index (κ2) is 7.40. The number of anilines is 2. The average Bonchev–Trinajstić information content (AvgIpc) is 3.16. The van der Waals surface area contributed by atoms with Gasteiger partial charge in [0.05, 0.1) is 18.2 Å². The Morgan fingerprint density at radius 1 is 1.03 bits per heavy atom. The highest BCUT2D eigenvalue weighted by molar-refractivity contribution is 7.25. The van der Waals surface area contributed by atoms with E-state index in [0.29, 0.717) is 37.0 Å². The number of nitrogens with one attached hydrogen (secondary N) is 1. The lowest BCUT2D eigenvalue weighted by atomic mass is 10.2. The van der Waals surface area contributed by atoms with Gasteiger partial charge in [-0.25, -0.2) is 15.0 Å². The molecular formula is C21H14ClN5O2S. The zero-order chi connectivity index (χ0) is 20.7. The van der Waals surface area contributed by atoms with Crippen molar-refractivity contribution < 1.29 is 4.74 Å². The molecular weight excluding hydrogens is 422 g/mol. The van der Waals surface area contributed by atoms with Crippen molar-refractivity contribution in [3.05, 3.63) is 76.6 Å². The third-order valence-corrected chi connectivity index (χ3v) is 5.96. The molecule has 0 saturated heterocycles. The molecule has 3 heterocycles. The highest BCUT2D eigenvalue weighted by Gasteiger charge is 2.17. The Bertz CT molecular complexity index is 1430. The summed E-state index contributed by atoms with van der Waals surface area (Å²) in [6.45, 7) is 0. The second-order valence-corrected chi connectivity index (χ2v) is 7.87. The first-order valence-electron chi connectivity index (χ1n) is 8.96. The number of fused-ring (bicyclic) bond motifs is 3. The highest BCUT2D eigenvalue weighted by Crippen LogP contribution is 2.34. The van der Waals surface area contributed by atoms with Crippen LogP contribution in [0.3, 0.4) is 0 Å². The van der Waals surface area contributed by atoms with Crippen molar-refractivity contribution in [2.45, 2.75) is 0 Å². The van der Waals surface area contributed by atoms with Gasteiger partial charge in [0.2, 0.25) is 0 Å². The zero-order valence-corrected chi connectivity index (χ0v) is 17.2. The van der Waals surface area contributed by atoms with Crippen LogP contribution < -0.4 is 15.6 Å². The van der Waals surface area contributed by atoms with Crippen LogP contribution in [0.4, 0.5) is 11.5 Å². The summed E-state index contributed by atoms with van der Waals surface area (Å²) in [4.78, 5) is 27.1. The number of halogens is 1. The molecule has 0 amide bonds. The van der Waals surface area contributed by atoms with Crippen molar-refractivity contribution in [2.24, 2.45) is 0 Å². The van der Waals surface area contributed by atoms with E-state index in [4.69, 9.17) is 16.3 Å². The highest BCUT2D eigenvalue weighted by atomic mass is 35.5. The molecule has 2 aromatic carbocycles. The summed E-state index contributed by atoms with van der Waals surface area (Å²) in [5, 5.41) is 4.63. The maximum Gasteiger partial charge on any atom is 0.275 e. The van der Waals surface area contributed by atoms with Crippen LogP contribution >= 0.6 is 22.9 Å².